The van der Waals surface area contributed by atoms with Gasteiger partial charge in [-0.15, -0.1) is 0 Å². The fourth-order valence-corrected chi connectivity index (χ4v) is 6.07. The zero-order valence-corrected chi connectivity index (χ0v) is 19.7. The topological polar surface area (TPSA) is 124 Å². The van der Waals surface area contributed by atoms with Gasteiger partial charge in [-0.25, -0.2) is 10.1 Å². The highest BCUT2D eigenvalue weighted by atomic mass is 16.4. The molecule has 1 spiro atoms. The summed E-state index contributed by atoms with van der Waals surface area (Å²) in [5.41, 5.74) is 2.41. The van der Waals surface area contributed by atoms with Crippen molar-refractivity contribution in [3.63, 3.8) is 0 Å². The number of fused-ring (bicyclic) bond motifs is 1. The number of hydrogen-bond acceptors (Lipinski definition) is 7. The summed E-state index contributed by atoms with van der Waals surface area (Å²) in [6, 6.07) is 8.32. The van der Waals surface area contributed by atoms with E-state index in [4.69, 9.17) is 4.98 Å². The molecule has 2 saturated carbocycles. The number of piperidine rings is 1. The molecule has 2 aromatic heterocycles. The van der Waals surface area contributed by atoms with E-state index in [2.05, 4.69) is 37.5 Å². The fourth-order valence-electron chi connectivity index (χ4n) is 6.07. The Kier molecular flexibility index (Phi) is 5.42. The van der Waals surface area contributed by atoms with E-state index < -0.39 is 5.97 Å². The average molecular weight is 475 g/mol. The van der Waals surface area contributed by atoms with Crippen molar-refractivity contribution in [1.82, 2.24) is 20.2 Å². The number of carboxylic acid groups (broad SMARTS) is 1. The van der Waals surface area contributed by atoms with Crippen LogP contribution in [0.5, 0.6) is 0 Å². The molecule has 3 aromatic rings. The van der Waals surface area contributed by atoms with Gasteiger partial charge in [0.2, 0.25) is 5.95 Å². The van der Waals surface area contributed by atoms with Crippen molar-refractivity contribution < 1.29 is 9.90 Å². The Balaban J connectivity index is 1.21. The number of benzene rings is 1. The molecule has 182 valence electrons. The first kappa shape index (κ1) is 22.0. The van der Waals surface area contributed by atoms with Gasteiger partial charge >= 0.3 is 5.97 Å². The minimum Gasteiger partial charge on any atom is -0.481 e. The van der Waals surface area contributed by atoms with Crippen LogP contribution in [0, 0.1) is 11.3 Å². The van der Waals surface area contributed by atoms with Gasteiger partial charge in [-0.05, 0) is 80.4 Å². The summed E-state index contributed by atoms with van der Waals surface area (Å²) in [4.78, 5) is 35.5. The second-order valence-electron chi connectivity index (χ2n) is 10.4. The number of aromatic amines is 1. The van der Waals surface area contributed by atoms with E-state index in [0.717, 1.165) is 63.7 Å². The van der Waals surface area contributed by atoms with Crippen LogP contribution in [0.25, 0.3) is 10.9 Å². The summed E-state index contributed by atoms with van der Waals surface area (Å²) in [5.74, 6) is 0.809. The van der Waals surface area contributed by atoms with Gasteiger partial charge in [0.05, 0.1) is 12.1 Å². The van der Waals surface area contributed by atoms with E-state index in [1.807, 2.05) is 12.1 Å². The number of anilines is 3. The molecule has 0 radical (unpaired) electrons. The molecule has 9 heteroatoms. The lowest BCUT2D eigenvalue weighted by Crippen LogP contribution is -2.31. The predicted octanol–water partition coefficient (Wildman–Crippen LogP) is 4.20. The van der Waals surface area contributed by atoms with Crippen molar-refractivity contribution in [2.75, 3.05) is 23.3 Å². The van der Waals surface area contributed by atoms with Crippen molar-refractivity contribution in [3.8, 4) is 0 Å². The zero-order valence-electron chi connectivity index (χ0n) is 19.7. The average Bonchev–Trinajstić information content (AvgIpc) is 3.59. The van der Waals surface area contributed by atoms with Crippen molar-refractivity contribution >= 4 is 34.3 Å². The third-order valence-corrected chi connectivity index (χ3v) is 8.26. The molecule has 3 heterocycles. The molecule has 0 bridgehead atoms. The van der Waals surface area contributed by atoms with Gasteiger partial charge in [0.15, 0.2) is 0 Å². The number of nitrogens with zero attached hydrogens (tertiary/aromatic N) is 4. The SMILES string of the molecule is O=C(O)[C@H]1CC12CCC(c1ccc(Nc3nc(N4CCCCC4)nc4cn[nH]c(=O)c34)cc1)CC2. The fraction of sp³-hybridized carbons (Fsp3) is 0.500. The maximum absolute atomic E-state index is 12.6. The van der Waals surface area contributed by atoms with Gasteiger partial charge in [-0.2, -0.15) is 10.1 Å². The number of hydrogen-bond donors (Lipinski definition) is 3. The van der Waals surface area contributed by atoms with E-state index in [0.29, 0.717) is 28.6 Å². The summed E-state index contributed by atoms with van der Waals surface area (Å²) in [6.07, 6.45) is 9.92. The Morgan fingerprint density at radius 2 is 1.83 bits per heavy atom. The Morgan fingerprint density at radius 1 is 1.09 bits per heavy atom. The summed E-state index contributed by atoms with van der Waals surface area (Å²) in [6.45, 7) is 1.82. The summed E-state index contributed by atoms with van der Waals surface area (Å²) >= 11 is 0. The van der Waals surface area contributed by atoms with Gasteiger partial charge in [-0.3, -0.25) is 9.59 Å². The number of aliphatic carboxylic acids is 1. The maximum Gasteiger partial charge on any atom is 0.307 e. The Morgan fingerprint density at radius 3 is 2.51 bits per heavy atom. The molecule has 0 unspecified atom stereocenters. The molecule has 0 amide bonds. The number of carbonyl (C=O) groups is 1. The maximum atomic E-state index is 12.6. The zero-order chi connectivity index (χ0) is 24.0. The quantitative estimate of drug-likeness (QED) is 0.503. The van der Waals surface area contributed by atoms with E-state index in [1.54, 1.807) is 6.20 Å². The Labute approximate surface area is 203 Å². The molecule has 6 rings (SSSR count). The normalized spacial score (nSPS) is 26.1. The van der Waals surface area contributed by atoms with E-state index in [1.165, 1.54) is 12.0 Å². The lowest BCUT2D eigenvalue weighted by molar-refractivity contribution is -0.139. The first-order chi connectivity index (χ1) is 17.0. The highest BCUT2D eigenvalue weighted by Gasteiger charge is 2.58. The number of rotatable bonds is 5. The Bertz CT molecular complexity index is 1310. The highest BCUT2D eigenvalue weighted by Crippen LogP contribution is 2.63. The first-order valence-corrected chi connectivity index (χ1v) is 12.6. The second kappa shape index (κ2) is 8.62. The minimum absolute atomic E-state index is 0.0614. The largest absolute Gasteiger partial charge is 0.481 e. The third kappa shape index (κ3) is 4.13. The van der Waals surface area contributed by atoms with Crippen LogP contribution >= 0.6 is 0 Å². The van der Waals surface area contributed by atoms with Gasteiger partial charge < -0.3 is 15.3 Å². The van der Waals surface area contributed by atoms with Crippen molar-refractivity contribution in [3.05, 3.63) is 46.4 Å². The summed E-state index contributed by atoms with van der Waals surface area (Å²) in [5, 5.41) is 19.5. The van der Waals surface area contributed by atoms with E-state index in [9.17, 15) is 14.7 Å². The van der Waals surface area contributed by atoms with E-state index in [-0.39, 0.29) is 16.9 Å². The van der Waals surface area contributed by atoms with Crippen LogP contribution in [0.4, 0.5) is 17.5 Å². The van der Waals surface area contributed by atoms with Crippen molar-refractivity contribution in [2.24, 2.45) is 11.3 Å². The predicted molar refractivity (Wildman–Crippen MR) is 133 cm³/mol. The number of aromatic nitrogens is 4. The smallest absolute Gasteiger partial charge is 0.307 e. The van der Waals surface area contributed by atoms with Gasteiger partial charge in [0, 0.05) is 18.8 Å². The van der Waals surface area contributed by atoms with Crippen LogP contribution in [0.1, 0.15) is 62.8 Å². The van der Waals surface area contributed by atoms with Crippen LogP contribution in [0.2, 0.25) is 0 Å². The van der Waals surface area contributed by atoms with Crippen LogP contribution in [0.15, 0.2) is 35.3 Å². The van der Waals surface area contributed by atoms with Gasteiger partial charge in [0.1, 0.15) is 16.7 Å². The molecular weight excluding hydrogens is 444 g/mol. The summed E-state index contributed by atoms with van der Waals surface area (Å²) in [7, 11) is 0. The molecule has 9 nitrogen and oxygen atoms in total. The highest BCUT2D eigenvalue weighted by molar-refractivity contribution is 5.90. The molecule has 2 aliphatic carbocycles. The molecule has 1 atom stereocenters. The number of carboxylic acids is 1. The van der Waals surface area contributed by atoms with Gasteiger partial charge in [0.25, 0.3) is 5.56 Å². The van der Waals surface area contributed by atoms with Crippen LogP contribution in [-0.2, 0) is 4.79 Å². The molecule has 3 N–H and O–H groups in total. The van der Waals surface area contributed by atoms with Crippen molar-refractivity contribution in [1.29, 1.82) is 0 Å². The molecule has 3 fully saturated rings. The standard InChI is InChI=1S/C26H30N6O3/c33-23-21-20(15-27-31-23)29-25(32-12-2-1-3-13-32)30-22(21)28-18-6-4-16(5-7-18)17-8-10-26(11-9-17)14-19(26)24(34)35/h4-7,15,17,19H,1-3,8-14H2,(H,31,33)(H,34,35)(H,28,29,30)/t17?,19-,26?/m1/s1. The third-order valence-electron chi connectivity index (χ3n) is 8.26. The lowest BCUT2D eigenvalue weighted by Gasteiger charge is -2.29. The van der Waals surface area contributed by atoms with Crippen LogP contribution in [0.3, 0.4) is 0 Å². The molecule has 35 heavy (non-hydrogen) atoms. The lowest BCUT2D eigenvalue weighted by atomic mass is 9.76. The van der Waals surface area contributed by atoms with Crippen molar-refractivity contribution in [2.45, 2.75) is 57.3 Å². The second-order valence-corrected chi connectivity index (χ2v) is 10.4. The summed E-state index contributed by atoms with van der Waals surface area (Å²) < 4.78 is 0. The first-order valence-electron chi connectivity index (χ1n) is 12.6. The van der Waals surface area contributed by atoms with E-state index >= 15 is 0 Å². The minimum atomic E-state index is -0.630. The molecule has 1 aromatic carbocycles. The monoisotopic (exact) mass is 474 g/mol. The van der Waals surface area contributed by atoms with Crippen LogP contribution < -0.4 is 15.8 Å². The van der Waals surface area contributed by atoms with Crippen LogP contribution in [-0.4, -0.2) is 44.3 Å². The molecule has 3 aliphatic rings. The molecule has 1 aliphatic heterocycles. The molecule has 1 saturated heterocycles. The van der Waals surface area contributed by atoms with Gasteiger partial charge in [-0.1, -0.05) is 12.1 Å². The number of H-pyrrole nitrogens is 1. The number of nitrogens with one attached hydrogen (secondary N) is 2. The molecular formula is C26H30N6O3. The Hall–Kier alpha value is -3.49.